The van der Waals surface area contributed by atoms with Crippen LogP contribution in [0.25, 0.3) is 32.3 Å². The summed E-state index contributed by atoms with van der Waals surface area (Å²) < 4.78 is 0. The van der Waals surface area contributed by atoms with E-state index in [1.54, 1.807) is 0 Å². The molecular formula is C17H11Y-. The summed E-state index contributed by atoms with van der Waals surface area (Å²) in [5.74, 6) is 0. The zero-order valence-corrected chi connectivity index (χ0v) is 13.0. The second kappa shape index (κ2) is 4.29. The maximum Gasteiger partial charge on any atom is 0 e. The first kappa shape index (κ1) is 12.1. The predicted molar refractivity (Wildman–Crippen MR) is 73.7 cm³/mol. The largest absolute Gasteiger partial charge is 0.183 e. The van der Waals surface area contributed by atoms with Crippen molar-refractivity contribution in [2.75, 3.05) is 0 Å². The number of hydrogen-bond acceptors (Lipinski definition) is 0. The maximum atomic E-state index is 3.21. The molecule has 18 heavy (non-hydrogen) atoms. The van der Waals surface area contributed by atoms with E-state index in [2.05, 4.69) is 61.5 Å². The molecule has 0 amide bonds. The Bertz CT molecular complexity index is 782. The van der Waals surface area contributed by atoms with Crippen LogP contribution in [-0.4, -0.2) is 0 Å². The standard InChI is InChI=1S/C17H11.Y/c1-11-9-14-7-5-12-3-2-4-13-6-8-15(10-11)17(14)16(12)13;/h3-10H,1H3;/q-1;. The molecule has 4 rings (SSSR count). The van der Waals surface area contributed by atoms with Crippen molar-refractivity contribution in [1.82, 2.24) is 0 Å². The van der Waals surface area contributed by atoms with E-state index in [0.717, 1.165) is 0 Å². The van der Waals surface area contributed by atoms with E-state index < -0.39 is 0 Å². The van der Waals surface area contributed by atoms with Crippen LogP contribution in [0, 0.1) is 13.0 Å². The van der Waals surface area contributed by atoms with Crippen molar-refractivity contribution in [3.63, 3.8) is 0 Å². The molecule has 0 aliphatic rings. The third kappa shape index (κ3) is 1.60. The van der Waals surface area contributed by atoms with Crippen molar-refractivity contribution in [2.24, 2.45) is 0 Å². The molecule has 1 radical (unpaired) electrons. The summed E-state index contributed by atoms with van der Waals surface area (Å²) >= 11 is 0. The molecule has 0 heterocycles. The normalized spacial score (nSPS) is 11.2. The fraction of sp³-hybridized carbons (Fsp3) is 0.0588. The molecule has 83 valence electrons. The van der Waals surface area contributed by atoms with Gasteiger partial charge in [-0.2, -0.15) is 18.2 Å². The molecule has 1 heteroatoms. The van der Waals surface area contributed by atoms with Crippen molar-refractivity contribution in [3.8, 4) is 0 Å². The molecule has 4 aromatic carbocycles. The van der Waals surface area contributed by atoms with Gasteiger partial charge in [-0.1, -0.05) is 24.3 Å². The Morgan fingerprint density at radius 2 is 1.17 bits per heavy atom. The molecule has 0 aliphatic carbocycles. The molecule has 0 fully saturated rings. The molecular weight excluding hydrogens is 293 g/mol. The Balaban J connectivity index is 0.000001000. The van der Waals surface area contributed by atoms with Crippen LogP contribution in [-0.2, 0) is 32.7 Å². The van der Waals surface area contributed by atoms with Crippen LogP contribution >= 0.6 is 0 Å². The van der Waals surface area contributed by atoms with Crippen molar-refractivity contribution in [2.45, 2.75) is 6.92 Å². The van der Waals surface area contributed by atoms with Crippen LogP contribution in [0.2, 0.25) is 0 Å². The third-order valence-corrected chi connectivity index (χ3v) is 3.53. The Morgan fingerprint density at radius 1 is 0.722 bits per heavy atom. The van der Waals surface area contributed by atoms with Gasteiger partial charge in [0.2, 0.25) is 0 Å². The number of aryl methyl sites for hydroxylation is 1. The first-order valence-corrected chi connectivity index (χ1v) is 5.88. The molecule has 0 N–H and O–H groups in total. The summed E-state index contributed by atoms with van der Waals surface area (Å²) in [6.07, 6.45) is 0. The Hall–Kier alpha value is -0.976. The summed E-state index contributed by atoms with van der Waals surface area (Å²) in [4.78, 5) is 0. The van der Waals surface area contributed by atoms with Gasteiger partial charge in [-0.05, 0) is 28.6 Å². The van der Waals surface area contributed by atoms with Crippen LogP contribution in [0.1, 0.15) is 5.56 Å². The van der Waals surface area contributed by atoms with Crippen molar-refractivity contribution < 1.29 is 32.7 Å². The first-order valence-electron chi connectivity index (χ1n) is 5.88. The predicted octanol–water partition coefficient (Wildman–Crippen LogP) is 4.69. The van der Waals surface area contributed by atoms with Crippen LogP contribution in [0.3, 0.4) is 0 Å². The van der Waals surface area contributed by atoms with Crippen LogP contribution in [0.5, 0.6) is 0 Å². The fourth-order valence-corrected chi connectivity index (χ4v) is 2.84. The maximum absolute atomic E-state index is 3.21. The SMILES string of the molecule is Cc1cc2ccc3c[c-]cc4ccc(c1)c2c34.[Y]. The third-order valence-electron chi connectivity index (χ3n) is 3.53. The van der Waals surface area contributed by atoms with Crippen molar-refractivity contribution >= 4 is 32.3 Å². The van der Waals surface area contributed by atoms with Crippen molar-refractivity contribution in [1.29, 1.82) is 0 Å². The number of benzene rings is 4. The van der Waals surface area contributed by atoms with E-state index in [4.69, 9.17) is 0 Å². The molecule has 0 aliphatic heterocycles. The monoisotopic (exact) mass is 304 g/mol. The molecule has 0 aromatic heterocycles. The van der Waals surface area contributed by atoms with Crippen molar-refractivity contribution in [3.05, 3.63) is 60.2 Å². The Kier molecular flexibility index (Phi) is 2.88. The average Bonchev–Trinajstić information content (AvgIpc) is 2.35. The molecule has 0 saturated heterocycles. The molecule has 0 unspecified atom stereocenters. The summed E-state index contributed by atoms with van der Waals surface area (Å²) in [7, 11) is 0. The van der Waals surface area contributed by atoms with Crippen LogP contribution in [0.15, 0.2) is 48.5 Å². The van der Waals surface area contributed by atoms with Gasteiger partial charge >= 0.3 is 0 Å². The van der Waals surface area contributed by atoms with Gasteiger partial charge in [-0.25, -0.2) is 0 Å². The van der Waals surface area contributed by atoms with Gasteiger partial charge in [0, 0.05) is 32.7 Å². The smallest absolute Gasteiger partial charge is 0 e. The molecule has 0 atom stereocenters. The van der Waals surface area contributed by atoms with Gasteiger partial charge in [-0.15, -0.1) is 28.3 Å². The van der Waals surface area contributed by atoms with Gasteiger partial charge in [-0.3, -0.25) is 0 Å². The second-order valence-electron chi connectivity index (χ2n) is 4.73. The Morgan fingerprint density at radius 3 is 1.72 bits per heavy atom. The summed E-state index contributed by atoms with van der Waals surface area (Å²) in [5.41, 5.74) is 1.32. The molecule has 0 bridgehead atoms. The average molecular weight is 304 g/mol. The van der Waals surface area contributed by atoms with Gasteiger partial charge in [0.15, 0.2) is 0 Å². The van der Waals surface area contributed by atoms with E-state index in [-0.39, 0.29) is 32.7 Å². The summed E-state index contributed by atoms with van der Waals surface area (Å²) in [6.45, 7) is 2.16. The minimum Gasteiger partial charge on any atom is -0.183 e. The van der Waals surface area contributed by atoms with Gasteiger partial charge in [0.05, 0.1) is 0 Å². The van der Waals surface area contributed by atoms with E-state index in [9.17, 15) is 0 Å². The van der Waals surface area contributed by atoms with E-state index in [1.807, 2.05) is 0 Å². The van der Waals surface area contributed by atoms with E-state index in [0.29, 0.717) is 0 Å². The molecule has 0 nitrogen and oxygen atoms in total. The zero-order chi connectivity index (χ0) is 11.4. The minimum absolute atomic E-state index is 0. The summed E-state index contributed by atoms with van der Waals surface area (Å²) in [5, 5.41) is 8.00. The fourth-order valence-electron chi connectivity index (χ4n) is 2.84. The number of rotatable bonds is 0. The van der Waals surface area contributed by atoms with E-state index >= 15 is 0 Å². The molecule has 0 spiro atoms. The molecule has 0 saturated carbocycles. The summed E-state index contributed by atoms with van der Waals surface area (Å²) in [6, 6.07) is 20.7. The van der Waals surface area contributed by atoms with E-state index in [1.165, 1.54) is 37.9 Å². The molecule has 4 aromatic rings. The number of hydrogen-bond donors (Lipinski definition) is 0. The van der Waals surface area contributed by atoms with Gasteiger partial charge in [0.1, 0.15) is 0 Å². The Labute approximate surface area is 131 Å². The van der Waals surface area contributed by atoms with Crippen LogP contribution < -0.4 is 0 Å². The topological polar surface area (TPSA) is 0 Å². The minimum atomic E-state index is 0. The first-order chi connectivity index (χ1) is 8.33. The van der Waals surface area contributed by atoms with Gasteiger partial charge < -0.3 is 0 Å². The zero-order valence-electron chi connectivity index (χ0n) is 10.2. The second-order valence-corrected chi connectivity index (χ2v) is 4.73. The van der Waals surface area contributed by atoms with Gasteiger partial charge in [0.25, 0.3) is 0 Å². The quantitative estimate of drug-likeness (QED) is 0.326. The van der Waals surface area contributed by atoms with Crippen LogP contribution in [0.4, 0.5) is 0 Å².